The number of hydrazine groups is 1. The van der Waals surface area contributed by atoms with Gasteiger partial charge in [0.1, 0.15) is 5.75 Å². The van der Waals surface area contributed by atoms with Gasteiger partial charge in [-0.3, -0.25) is 34.3 Å². The quantitative estimate of drug-likeness (QED) is 0.0951. The van der Waals surface area contributed by atoms with E-state index >= 15 is 9.59 Å². The zero-order valence-electron chi connectivity index (χ0n) is 32.1. The summed E-state index contributed by atoms with van der Waals surface area (Å²) in [6.45, 7) is 1.95. The maximum absolute atomic E-state index is 15.5. The molecule has 0 bridgehead atoms. The molecular weight excluding hydrogens is 739 g/mol. The van der Waals surface area contributed by atoms with Crippen molar-refractivity contribution < 1.29 is 29.1 Å². The molecule has 0 spiro atoms. The fourth-order valence-electron chi connectivity index (χ4n) is 10.4. The normalized spacial score (nSPS) is 24.8. The average Bonchev–Trinajstić information content (AvgIpc) is 3.65. The van der Waals surface area contributed by atoms with Crippen molar-refractivity contribution in [3.8, 4) is 5.75 Å². The summed E-state index contributed by atoms with van der Waals surface area (Å²) in [4.78, 5) is 74.1. The number of nitrogens with zero attached hydrogens (tertiary/aromatic N) is 2. The lowest BCUT2D eigenvalue weighted by Gasteiger charge is -2.50. The minimum Gasteiger partial charge on any atom is -0.507 e. The first-order valence-corrected chi connectivity index (χ1v) is 19.9. The molecule has 10 rings (SSSR count). The molecule has 3 fully saturated rings. The van der Waals surface area contributed by atoms with Crippen molar-refractivity contribution in [1.29, 1.82) is 0 Å². The highest BCUT2D eigenvalue weighted by Gasteiger charge is 2.70. The number of ketones is 1. The lowest BCUT2D eigenvalue weighted by molar-refractivity contribution is -0.138. The van der Waals surface area contributed by atoms with E-state index in [0.717, 1.165) is 21.5 Å². The van der Waals surface area contributed by atoms with E-state index in [4.69, 9.17) is 0 Å². The molecule has 0 radical (unpaired) electrons. The molecule has 0 aromatic heterocycles. The summed E-state index contributed by atoms with van der Waals surface area (Å²) in [7, 11) is 0. The highest BCUT2D eigenvalue weighted by molar-refractivity contribution is 6.23. The van der Waals surface area contributed by atoms with Crippen LogP contribution in [0.1, 0.15) is 51.4 Å². The lowest BCUT2D eigenvalue weighted by Crippen LogP contribution is -2.53. The molecule has 59 heavy (non-hydrogen) atoms. The number of benzene rings is 6. The zero-order chi connectivity index (χ0) is 40.6. The van der Waals surface area contributed by atoms with E-state index in [2.05, 4.69) is 5.43 Å². The number of amides is 4. The maximum atomic E-state index is 15.5. The SMILES string of the molecule is Cc1ccc(NN2C(=O)C3CC4C(=CCC5C(=O)N(c6ccc(C(=O)c7ccccc7)cc6)C(=O)C54)C(c4ccc5ccccc5c4O)C3(c3ccccc3)C2=O)cc1. The Kier molecular flexibility index (Phi) is 8.45. The van der Waals surface area contributed by atoms with Crippen LogP contribution in [-0.4, -0.2) is 39.5 Å². The van der Waals surface area contributed by atoms with Crippen molar-refractivity contribution in [3.05, 3.63) is 185 Å². The summed E-state index contributed by atoms with van der Waals surface area (Å²) >= 11 is 0. The summed E-state index contributed by atoms with van der Waals surface area (Å²) < 4.78 is 0. The standard InChI is InChI=1S/C50H39N3O6/c1-29-16-21-34(22-17-29)51-53-47(57)41-28-40-37(43(50(41,49(53)59)33-13-6-3-7-14-33)39-25-20-30-10-8-9-15-36(30)45(39)55)26-27-38-42(40)48(58)52(46(38)56)35-23-18-32(19-24-35)44(54)31-11-4-2-5-12-31/h2-26,38,40-43,51,55H,27-28H2,1H3. The molecule has 6 unspecified atom stereocenters. The van der Waals surface area contributed by atoms with Gasteiger partial charge < -0.3 is 5.11 Å². The first-order chi connectivity index (χ1) is 28.7. The largest absolute Gasteiger partial charge is 0.507 e. The van der Waals surface area contributed by atoms with Gasteiger partial charge in [-0.25, -0.2) is 0 Å². The van der Waals surface area contributed by atoms with Crippen LogP contribution in [-0.2, 0) is 24.6 Å². The minimum absolute atomic E-state index is 0.00314. The van der Waals surface area contributed by atoms with Crippen LogP contribution in [0.25, 0.3) is 10.8 Å². The Morgan fingerprint density at radius 1 is 0.695 bits per heavy atom. The van der Waals surface area contributed by atoms with Crippen molar-refractivity contribution in [3.63, 3.8) is 0 Å². The number of allylic oxidation sites excluding steroid dienone is 2. The Bertz CT molecular complexity index is 2750. The lowest BCUT2D eigenvalue weighted by atomic mass is 9.49. The summed E-state index contributed by atoms with van der Waals surface area (Å²) in [5.41, 5.74) is 6.35. The first-order valence-electron chi connectivity index (χ1n) is 19.9. The summed E-state index contributed by atoms with van der Waals surface area (Å²) in [5.74, 6) is -5.80. The van der Waals surface area contributed by atoms with Gasteiger partial charge in [-0.15, -0.1) is 0 Å². The number of fused-ring (bicyclic) bond motifs is 5. The van der Waals surface area contributed by atoms with Crippen molar-refractivity contribution in [2.24, 2.45) is 23.7 Å². The van der Waals surface area contributed by atoms with E-state index in [1.807, 2.05) is 110 Å². The molecule has 2 saturated heterocycles. The van der Waals surface area contributed by atoms with Crippen LogP contribution in [0.4, 0.5) is 11.4 Å². The van der Waals surface area contributed by atoms with E-state index < -0.39 is 52.7 Å². The second-order valence-corrected chi connectivity index (χ2v) is 16.1. The summed E-state index contributed by atoms with van der Waals surface area (Å²) in [5, 5.41) is 14.8. The van der Waals surface area contributed by atoms with Crippen LogP contribution in [0.15, 0.2) is 157 Å². The summed E-state index contributed by atoms with van der Waals surface area (Å²) in [6, 6.07) is 43.3. The number of phenolic OH excluding ortho intramolecular Hbond substituents is 1. The van der Waals surface area contributed by atoms with E-state index in [1.165, 1.54) is 4.90 Å². The Labute approximate surface area is 340 Å². The van der Waals surface area contributed by atoms with Crippen molar-refractivity contribution in [2.45, 2.75) is 31.1 Å². The van der Waals surface area contributed by atoms with Gasteiger partial charge in [-0.05, 0) is 73.0 Å². The molecule has 2 N–H and O–H groups in total. The Hall–Kier alpha value is -7.13. The Morgan fingerprint density at radius 2 is 1.36 bits per heavy atom. The monoisotopic (exact) mass is 777 g/mol. The third-order valence-corrected chi connectivity index (χ3v) is 13.1. The molecule has 2 aliphatic heterocycles. The van der Waals surface area contributed by atoms with Gasteiger partial charge in [-0.2, -0.15) is 5.01 Å². The first kappa shape index (κ1) is 36.2. The molecular formula is C50H39N3O6. The third kappa shape index (κ3) is 5.41. The fourth-order valence-corrected chi connectivity index (χ4v) is 10.4. The van der Waals surface area contributed by atoms with E-state index in [1.54, 1.807) is 48.5 Å². The van der Waals surface area contributed by atoms with Crippen LogP contribution in [0.5, 0.6) is 5.75 Å². The van der Waals surface area contributed by atoms with Crippen LogP contribution in [0, 0.1) is 30.6 Å². The smallest absolute Gasteiger partial charge is 0.260 e. The van der Waals surface area contributed by atoms with Gasteiger partial charge in [-0.1, -0.05) is 126 Å². The number of aromatic hydroxyl groups is 1. The number of carbonyl (C=O) groups excluding carboxylic acids is 5. The molecule has 9 nitrogen and oxygen atoms in total. The van der Waals surface area contributed by atoms with Crippen molar-refractivity contribution in [1.82, 2.24) is 5.01 Å². The Morgan fingerprint density at radius 3 is 2.08 bits per heavy atom. The molecule has 9 heteroatoms. The number of hydrogen-bond acceptors (Lipinski definition) is 7. The number of carbonyl (C=O) groups is 5. The second kappa shape index (κ2) is 13.8. The van der Waals surface area contributed by atoms with E-state index in [9.17, 15) is 19.5 Å². The summed E-state index contributed by atoms with van der Waals surface area (Å²) in [6.07, 6.45) is 2.34. The van der Waals surface area contributed by atoms with Crippen LogP contribution in [0.2, 0.25) is 0 Å². The molecule has 6 atom stereocenters. The number of aryl methyl sites for hydroxylation is 1. The fraction of sp³-hybridized carbons (Fsp3) is 0.180. The van der Waals surface area contributed by atoms with Crippen molar-refractivity contribution >= 4 is 51.6 Å². The van der Waals surface area contributed by atoms with E-state index in [0.29, 0.717) is 39.0 Å². The number of rotatable bonds is 7. The second-order valence-electron chi connectivity index (χ2n) is 16.1. The number of phenols is 1. The highest BCUT2D eigenvalue weighted by Crippen LogP contribution is 2.65. The zero-order valence-corrected chi connectivity index (χ0v) is 32.1. The number of imide groups is 2. The minimum atomic E-state index is -1.52. The van der Waals surface area contributed by atoms with Gasteiger partial charge in [0, 0.05) is 28.0 Å². The van der Waals surface area contributed by atoms with Crippen molar-refractivity contribution in [2.75, 3.05) is 10.3 Å². The molecule has 6 aromatic carbocycles. The maximum Gasteiger partial charge on any atom is 0.260 e. The highest BCUT2D eigenvalue weighted by atomic mass is 16.3. The topological polar surface area (TPSA) is 124 Å². The predicted molar refractivity (Wildman–Crippen MR) is 223 cm³/mol. The molecule has 1 saturated carbocycles. The van der Waals surface area contributed by atoms with E-state index in [-0.39, 0.29) is 30.3 Å². The molecule has 290 valence electrons. The third-order valence-electron chi connectivity index (χ3n) is 13.1. The van der Waals surface area contributed by atoms with Gasteiger partial charge in [0.25, 0.3) is 11.8 Å². The number of anilines is 2. The number of hydrogen-bond donors (Lipinski definition) is 2. The van der Waals surface area contributed by atoms with Crippen LogP contribution in [0.3, 0.4) is 0 Å². The molecule has 4 amide bonds. The molecule has 4 aliphatic rings. The van der Waals surface area contributed by atoms with Gasteiger partial charge in [0.15, 0.2) is 5.78 Å². The average molecular weight is 778 g/mol. The number of nitrogens with one attached hydrogen (secondary N) is 1. The van der Waals surface area contributed by atoms with Crippen LogP contribution >= 0.6 is 0 Å². The Balaban J connectivity index is 1.11. The van der Waals surface area contributed by atoms with Gasteiger partial charge >= 0.3 is 0 Å². The molecule has 2 aliphatic carbocycles. The van der Waals surface area contributed by atoms with Gasteiger partial charge in [0.05, 0.1) is 34.5 Å². The molecule has 6 aromatic rings. The van der Waals surface area contributed by atoms with Gasteiger partial charge in [0.2, 0.25) is 11.8 Å². The predicted octanol–water partition coefficient (Wildman–Crippen LogP) is 8.27. The molecule has 2 heterocycles. The van der Waals surface area contributed by atoms with Crippen LogP contribution < -0.4 is 10.3 Å².